The quantitative estimate of drug-likeness (QED) is 0.327. The van der Waals surface area contributed by atoms with Crippen molar-refractivity contribution < 1.29 is 14.3 Å². The maximum Gasteiger partial charge on any atom is 0.258 e. The smallest absolute Gasteiger partial charge is 0.258 e. The van der Waals surface area contributed by atoms with Gasteiger partial charge in [-0.15, -0.1) is 0 Å². The van der Waals surface area contributed by atoms with Gasteiger partial charge < -0.3 is 15.0 Å². The van der Waals surface area contributed by atoms with Gasteiger partial charge in [-0.05, 0) is 48.4 Å². The Labute approximate surface area is 202 Å². The molecule has 3 aromatic rings. The van der Waals surface area contributed by atoms with Gasteiger partial charge in [-0.3, -0.25) is 9.59 Å². The first-order chi connectivity index (χ1) is 16.6. The van der Waals surface area contributed by atoms with E-state index in [0.29, 0.717) is 30.0 Å². The Morgan fingerprint density at radius 2 is 1.50 bits per heavy atom. The Hall–Kier alpha value is -3.60. The van der Waals surface area contributed by atoms with Crippen molar-refractivity contribution in [1.29, 1.82) is 0 Å². The molecule has 0 saturated carbocycles. The summed E-state index contributed by atoms with van der Waals surface area (Å²) in [6.45, 7) is 3.31. The molecule has 0 spiro atoms. The van der Waals surface area contributed by atoms with Crippen LogP contribution in [0.15, 0.2) is 78.9 Å². The summed E-state index contributed by atoms with van der Waals surface area (Å²) in [7, 11) is 1.69. The van der Waals surface area contributed by atoms with Crippen molar-refractivity contribution in [3.05, 3.63) is 95.6 Å². The van der Waals surface area contributed by atoms with Crippen LogP contribution in [0.4, 0.5) is 5.69 Å². The van der Waals surface area contributed by atoms with Crippen molar-refractivity contribution in [2.45, 2.75) is 45.6 Å². The number of carbonyl (C=O) groups excluding carboxylic acids is 2. The van der Waals surface area contributed by atoms with Crippen LogP contribution >= 0.6 is 0 Å². The first kappa shape index (κ1) is 25.0. The summed E-state index contributed by atoms with van der Waals surface area (Å²) >= 11 is 0. The highest BCUT2D eigenvalue weighted by Crippen LogP contribution is 2.22. The van der Waals surface area contributed by atoms with Gasteiger partial charge in [0.05, 0.1) is 17.9 Å². The number of carbonyl (C=O) groups is 2. The number of hydrogen-bond donors (Lipinski definition) is 1. The Balaban J connectivity index is 1.60. The molecule has 0 radical (unpaired) electrons. The first-order valence-corrected chi connectivity index (χ1v) is 12.0. The zero-order valence-corrected chi connectivity index (χ0v) is 20.1. The third-order valence-corrected chi connectivity index (χ3v) is 5.73. The third kappa shape index (κ3) is 7.20. The summed E-state index contributed by atoms with van der Waals surface area (Å²) < 4.78 is 5.80. The Morgan fingerprint density at radius 1 is 0.824 bits per heavy atom. The molecule has 0 atom stereocenters. The number of amides is 2. The molecule has 5 nitrogen and oxygen atoms in total. The summed E-state index contributed by atoms with van der Waals surface area (Å²) in [5.74, 6) is 0.353. The molecule has 3 rings (SSSR count). The van der Waals surface area contributed by atoms with Crippen molar-refractivity contribution >= 4 is 17.5 Å². The number of rotatable bonds is 12. The monoisotopic (exact) mass is 458 g/mol. The van der Waals surface area contributed by atoms with Gasteiger partial charge in [0.15, 0.2) is 0 Å². The van der Waals surface area contributed by atoms with Crippen LogP contribution in [0.1, 0.15) is 65.3 Å². The van der Waals surface area contributed by atoms with Crippen LogP contribution < -0.4 is 15.0 Å². The van der Waals surface area contributed by atoms with Gasteiger partial charge in [0, 0.05) is 19.2 Å². The van der Waals surface area contributed by atoms with Crippen LogP contribution in [0.3, 0.4) is 0 Å². The lowest BCUT2D eigenvalue weighted by Gasteiger charge is -2.21. The summed E-state index contributed by atoms with van der Waals surface area (Å²) in [6, 6.07) is 24.1. The normalized spacial score (nSPS) is 10.5. The summed E-state index contributed by atoms with van der Waals surface area (Å²) in [5.41, 5.74) is 2.57. The zero-order chi connectivity index (χ0) is 24.2. The molecule has 3 aromatic carbocycles. The number of nitrogens with zero attached hydrogens (tertiary/aromatic N) is 1. The lowest BCUT2D eigenvalue weighted by molar-refractivity contribution is 0.0951. The Bertz CT molecular complexity index is 1050. The summed E-state index contributed by atoms with van der Waals surface area (Å²) in [4.78, 5) is 27.5. The molecule has 0 aliphatic rings. The first-order valence-electron chi connectivity index (χ1n) is 12.0. The molecule has 0 aromatic heterocycles. The van der Waals surface area contributed by atoms with E-state index in [1.807, 2.05) is 48.5 Å². The lowest BCUT2D eigenvalue weighted by Crippen LogP contribution is -2.30. The predicted molar refractivity (Wildman–Crippen MR) is 137 cm³/mol. The minimum atomic E-state index is -0.221. The Kier molecular flexibility index (Phi) is 9.71. The van der Waals surface area contributed by atoms with E-state index in [-0.39, 0.29) is 11.8 Å². The molecule has 0 aliphatic carbocycles. The predicted octanol–water partition coefficient (Wildman–Crippen LogP) is 6.24. The second-order valence-electron chi connectivity index (χ2n) is 8.34. The molecule has 34 heavy (non-hydrogen) atoms. The van der Waals surface area contributed by atoms with Gasteiger partial charge in [-0.2, -0.15) is 0 Å². The van der Waals surface area contributed by atoms with Crippen LogP contribution in [-0.2, 0) is 6.54 Å². The van der Waals surface area contributed by atoms with E-state index in [0.717, 1.165) is 17.7 Å². The minimum Gasteiger partial charge on any atom is -0.494 e. The molecule has 0 aliphatic heterocycles. The van der Waals surface area contributed by atoms with Crippen molar-refractivity contribution in [2.75, 3.05) is 18.6 Å². The second-order valence-corrected chi connectivity index (χ2v) is 8.34. The molecule has 0 heterocycles. The highest BCUT2D eigenvalue weighted by molar-refractivity contribution is 6.10. The average molecular weight is 459 g/mol. The third-order valence-electron chi connectivity index (χ3n) is 5.73. The molecular formula is C29H34N2O3. The van der Waals surface area contributed by atoms with Crippen molar-refractivity contribution in [1.82, 2.24) is 5.32 Å². The number of benzene rings is 3. The fourth-order valence-electron chi connectivity index (χ4n) is 3.72. The van der Waals surface area contributed by atoms with Crippen molar-refractivity contribution in [3.63, 3.8) is 0 Å². The second kappa shape index (κ2) is 13.2. The van der Waals surface area contributed by atoms with Crippen LogP contribution in [0.2, 0.25) is 0 Å². The SMILES string of the molecule is CCCCCCCOc1ccc(C(=O)N(C)c2ccccc2C(=O)NCc2ccccc2)cc1. The number of hydrogen-bond acceptors (Lipinski definition) is 3. The summed E-state index contributed by atoms with van der Waals surface area (Å²) in [6.07, 6.45) is 5.95. The maximum atomic E-state index is 13.1. The van der Waals surface area contributed by atoms with Gasteiger partial charge in [-0.1, -0.05) is 75.1 Å². The maximum absolute atomic E-state index is 13.1. The molecule has 0 fully saturated rings. The van der Waals surface area contributed by atoms with E-state index >= 15 is 0 Å². The van der Waals surface area contributed by atoms with Crippen LogP contribution in [0.5, 0.6) is 5.75 Å². The fraction of sp³-hybridized carbons (Fsp3) is 0.310. The molecule has 0 saturated heterocycles. The van der Waals surface area contributed by atoms with Gasteiger partial charge >= 0.3 is 0 Å². The van der Waals surface area contributed by atoms with Crippen molar-refractivity contribution in [3.8, 4) is 5.75 Å². The summed E-state index contributed by atoms with van der Waals surface area (Å²) in [5, 5.41) is 2.94. The molecule has 2 amide bonds. The van der Waals surface area contributed by atoms with E-state index in [1.54, 1.807) is 37.4 Å². The lowest BCUT2D eigenvalue weighted by atomic mass is 10.1. The minimum absolute atomic E-state index is 0.186. The van der Waals surface area contributed by atoms with Crippen LogP contribution in [0.25, 0.3) is 0 Å². The fourth-order valence-corrected chi connectivity index (χ4v) is 3.72. The number of unbranched alkanes of at least 4 members (excludes halogenated alkanes) is 4. The average Bonchev–Trinajstić information content (AvgIpc) is 2.89. The van der Waals surface area contributed by atoms with E-state index in [1.165, 1.54) is 30.6 Å². The molecule has 178 valence electrons. The van der Waals surface area contributed by atoms with E-state index in [9.17, 15) is 9.59 Å². The standard InChI is InChI=1S/C29H34N2O3/c1-3-4-5-6-12-21-34-25-19-17-24(18-20-25)29(33)31(2)27-16-11-10-15-26(27)28(32)30-22-23-13-8-7-9-14-23/h7-11,13-20H,3-6,12,21-22H2,1-2H3,(H,30,32). The van der Waals surface area contributed by atoms with Crippen LogP contribution in [0, 0.1) is 0 Å². The van der Waals surface area contributed by atoms with Crippen molar-refractivity contribution in [2.24, 2.45) is 0 Å². The van der Waals surface area contributed by atoms with Gasteiger partial charge in [0.1, 0.15) is 5.75 Å². The molecule has 5 heteroatoms. The van der Waals surface area contributed by atoms with Gasteiger partial charge in [0.25, 0.3) is 11.8 Å². The highest BCUT2D eigenvalue weighted by atomic mass is 16.5. The molecule has 1 N–H and O–H groups in total. The largest absolute Gasteiger partial charge is 0.494 e. The van der Waals surface area contributed by atoms with E-state index in [4.69, 9.17) is 4.74 Å². The zero-order valence-electron chi connectivity index (χ0n) is 20.1. The van der Waals surface area contributed by atoms with E-state index < -0.39 is 0 Å². The molecular weight excluding hydrogens is 424 g/mol. The van der Waals surface area contributed by atoms with Crippen LogP contribution in [-0.4, -0.2) is 25.5 Å². The number of anilines is 1. The van der Waals surface area contributed by atoms with Gasteiger partial charge in [-0.25, -0.2) is 0 Å². The van der Waals surface area contributed by atoms with Gasteiger partial charge in [0.2, 0.25) is 0 Å². The Morgan fingerprint density at radius 3 is 2.24 bits per heavy atom. The topological polar surface area (TPSA) is 58.6 Å². The van der Waals surface area contributed by atoms with E-state index in [2.05, 4.69) is 12.2 Å². The number of para-hydroxylation sites is 1. The molecule has 0 unspecified atom stereocenters. The highest BCUT2D eigenvalue weighted by Gasteiger charge is 2.19. The molecule has 0 bridgehead atoms. The number of nitrogens with one attached hydrogen (secondary N) is 1. The number of ether oxygens (including phenoxy) is 1.